The van der Waals surface area contributed by atoms with Crippen LogP contribution in [0.3, 0.4) is 0 Å². The third-order valence-corrected chi connectivity index (χ3v) is 4.33. The van der Waals surface area contributed by atoms with Crippen molar-refractivity contribution in [3.8, 4) is 0 Å². The van der Waals surface area contributed by atoms with Crippen LogP contribution in [0.15, 0.2) is 0 Å². The van der Waals surface area contributed by atoms with E-state index in [1.54, 1.807) is 7.11 Å². The summed E-state index contributed by atoms with van der Waals surface area (Å²) in [6, 6.07) is 0.467. The molecule has 0 amide bonds. The predicted molar refractivity (Wildman–Crippen MR) is 76.6 cm³/mol. The highest BCUT2D eigenvalue weighted by Crippen LogP contribution is 2.26. The summed E-state index contributed by atoms with van der Waals surface area (Å²) in [5.41, 5.74) is 0. The summed E-state index contributed by atoms with van der Waals surface area (Å²) < 4.78 is 11.2. The number of nitrogens with zero attached hydrogens (tertiary/aromatic N) is 2. The Kier molecular flexibility index (Phi) is 6.04. The molecule has 1 N–H and O–H groups in total. The lowest BCUT2D eigenvalue weighted by atomic mass is 9.85. The molecule has 1 aliphatic heterocycles. The molecule has 0 aromatic rings. The van der Waals surface area contributed by atoms with Gasteiger partial charge in [0, 0.05) is 59.0 Å². The predicted octanol–water partition coefficient (Wildman–Crippen LogP) is 0.0158. The van der Waals surface area contributed by atoms with Gasteiger partial charge in [-0.2, -0.15) is 0 Å². The normalized spacial score (nSPS) is 33.3. The molecule has 0 radical (unpaired) electrons. The SMILES string of the molecule is CCOC1CC(NCCN2CCN(C)CC2)C1OC. The maximum atomic E-state index is 5.64. The molecule has 1 saturated carbocycles. The molecule has 0 spiro atoms. The van der Waals surface area contributed by atoms with Crippen molar-refractivity contribution in [3.05, 3.63) is 0 Å². The summed E-state index contributed by atoms with van der Waals surface area (Å²) in [6.45, 7) is 9.77. The van der Waals surface area contributed by atoms with Crippen molar-refractivity contribution in [2.45, 2.75) is 31.6 Å². The van der Waals surface area contributed by atoms with Crippen LogP contribution >= 0.6 is 0 Å². The Labute approximate surface area is 117 Å². The lowest BCUT2D eigenvalue weighted by Gasteiger charge is -2.44. The van der Waals surface area contributed by atoms with Crippen molar-refractivity contribution in [1.29, 1.82) is 0 Å². The molecule has 2 rings (SSSR count). The van der Waals surface area contributed by atoms with Gasteiger partial charge in [0.05, 0.1) is 12.2 Å². The highest BCUT2D eigenvalue weighted by molar-refractivity contribution is 4.97. The summed E-state index contributed by atoms with van der Waals surface area (Å²) in [4.78, 5) is 4.93. The molecule has 5 heteroatoms. The maximum Gasteiger partial charge on any atom is 0.0986 e. The molecule has 0 aromatic carbocycles. The maximum absolute atomic E-state index is 5.64. The van der Waals surface area contributed by atoms with Gasteiger partial charge in [0.1, 0.15) is 0 Å². The fourth-order valence-corrected chi connectivity index (χ4v) is 2.95. The first-order chi connectivity index (χ1) is 9.24. The summed E-state index contributed by atoms with van der Waals surface area (Å²) in [7, 11) is 3.98. The van der Waals surface area contributed by atoms with Crippen LogP contribution in [0.5, 0.6) is 0 Å². The van der Waals surface area contributed by atoms with Crippen LogP contribution in [0.4, 0.5) is 0 Å². The zero-order chi connectivity index (χ0) is 13.7. The van der Waals surface area contributed by atoms with E-state index in [1.165, 1.54) is 26.2 Å². The summed E-state index contributed by atoms with van der Waals surface area (Å²) in [5, 5.41) is 3.61. The van der Waals surface area contributed by atoms with Gasteiger partial charge in [0.15, 0.2) is 0 Å². The molecular weight excluding hydrogens is 242 g/mol. The average molecular weight is 271 g/mol. The standard InChI is InChI=1S/C14H29N3O2/c1-4-19-13-11-12(14(13)18-3)15-5-6-17-9-7-16(2)8-10-17/h12-15H,4-11H2,1-3H3. The number of likely N-dealkylation sites (N-methyl/N-ethyl adjacent to an activating group) is 1. The average Bonchev–Trinajstić information content (AvgIpc) is 2.39. The minimum atomic E-state index is 0.229. The fraction of sp³-hybridized carbons (Fsp3) is 1.00. The van der Waals surface area contributed by atoms with Gasteiger partial charge in [-0.15, -0.1) is 0 Å². The van der Waals surface area contributed by atoms with Gasteiger partial charge < -0.3 is 19.7 Å². The van der Waals surface area contributed by atoms with Crippen molar-refractivity contribution in [3.63, 3.8) is 0 Å². The molecule has 1 heterocycles. The van der Waals surface area contributed by atoms with E-state index >= 15 is 0 Å². The first-order valence-corrected chi connectivity index (χ1v) is 7.53. The molecule has 0 aromatic heterocycles. The van der Waals surface area contributed by atoms with Gasteiger partial charge in [-0.25, -0.2) is 0 Å². The van der Waals surface area contributed by atoms with Crippen LogP contribution in [0.25, 0.3) is 0 Å². The first kappa shape index (κ1) is 15.2. The highest BCUT2D eigenvalue weighted by Gasteiger charge is 2.41. The van der Waals surface area contributed by atoms with Crippen LogP contribution in [-0.4, -0.2) is 88.1 Å². The van der Waals surface area contributed by atoms with Gasteiger partial charge in [-0.1, -0.05) is 0 Å². The van der Waals surface area contributed by atoms with Gasteiger partial charge in [0.25, 0.3) is 0 Å². The Morgan fingerprint density at radius 3 is 2.58 bits per heavy atom. The van der Waals surface area contributed by atoms with E-state index in [-0.39, 0.29) is 12.2 Å². The fourth-order valence-electron chi connectivity index (χ4n) is 2.95. The number of hydrogen-bond acceptors (Lipinski definition) is 5. The zero-order valence-corrected chi connectivity index (χ0v) is 12.6. The van der Waals surface area contributed by atoms with E-state index in [0.29, 0.717) is 6.04 Å². The number of piperazine rings is 1. The largest absolute Gasteiger partial charge is 0.377 e. The second kappa shape index (κ2) is 7.55. The summed E-state index contributed by atoms with van der Waals surface area (Å²) in [6.07, 6.45) is 1.60. The monoisotopic (exact) mass is 271 g/mol. The number of ether oxygens (including phenoxy) is 2. The molecule has 2 aliphatic rings. The van der Waals surface area contributed by atoms with Crippen LogP contribution < -0.4 is 5.32 Å². The first-order valence-electron chi connectivity index (χ1n) is 7.53. The topological polar surface area (TPSA) is 37.0 Å². The summed E-state index contributed by atoms with van der Waals surface area (Å²) in [5.74, 6) is 0. The third kappa shape index (κ3) is 4.13. The quantitative estimate of drug-likeness (QED) is 0.706. The molecule has 1 aliphatic carbocycles. The second-order valence-corrected chi connectivity index (χ2v) is 5.64. The minimum Gasteiger partial charge on any atom is -0.377 e. The van der Waals surface area contributed by atoms with E-state index in [0.717, 1.165) is 26.1 Å². The minimum absolute atomic E-state index is 0.229. The highest BCUT2D eigenvalue weighted by atomic mass is 16.5. The lowest BCUT2D eigenvalue weighted by Crippen LogP contribution is -2.60. The Bertz CT molecular complexity index is 257. The van der Waals surface area contributed by atoms with Crippen molar-refractivity contribution in [1.82, 2.24) is 15.1 Å². The van der Waals surface area contributed by atoms with Crippen LogP contribution in [-0.2, 0) is 9.47 Å². The van der Waals surface area contributed by atoms with Gasteiger partial charge in [-0.3, -0.25) is 4.90 Å². The van der Waals surface area contributed by atoms with Gasteiger partial charge >= 0.3 is 0 Å². The lowest BCUT2D eigenvalue weighted by molar-refractivity contribution is -0.131. The Morgan fingerprint density at radius 2 is 1.95 bits per heavy atom. The van der Waals surface area contributed by atoms with Crippen LogP contribution in [0, 0.1) is 0 Å². The Hall–Kier alpha value is -0.200. The molecule has 3 unspecified atom stereocenters. The van der Waals surface area contributed by atoms with E-state index < -0.39 is 0 Å². The number of methoxy groups -OCH3 is 1. The molecule has 112 valence electrons. The van der Waals surface area contributed by atoms with Crippen LogP contribution in [0.2, 0.25) is 0 Å². The molecule has 1 saturated heterocycles. The van der Waals surface area contributed by atoms with Crippen LogP contribution in [0.1, 0.15) is 13.3 Å². The van der Waals surface area contributed by atoms with E-state index in [1.807, 2.05) is 6.92 Å². The number of rotatable bonds is 7. The molecule has 2 fully saturated rings. The molecule has 0 bridgehead atoms. The summed E-state index contributed by atoms with van der Waals surface area (Å²) >= 11 is 0. The van der Waals surface area contributed by atoms with E-state index in [2.05, 4.69) is 22.2 Å². The van der Waals surface area contributed by atoms with Crippen molar-refractivity contribution < 1.29 is 9.47 Å². The van der Waals surface area contributed by atoms with Crippen molar-refractivity contribution >= 4 is 0 Å². The number of nitrogens with one attached hydrogen (secondary N) is 1. The third-order valence-electron chi connectivity index (χ3n) is 4.33. The Balaban J connectivity index is 1.59. The molecular formula is C14H29N3O2. The second-order valence-electron chi connectivity index (χ2n) is 5.64. The van der Waals surface area contributed by atoms with E-state index in [9.17, 15) is 0 Å². The van der Waals surface area contributed by atoms with Crippen molar-refractivity contribution in [2.75, 3.05) is 60.0 Å². The zero-order valence-electron chi connectivity index (χ0n) is 12.6. The molecule has 19 heavy (non-hydrogen) atoms. The Morgan fingerprint density at radius 1 is 1.21 bits per heavy atom. The van der Waals surface area contributed by atoms with Gasteiger partial charge in [-0.05, 0) is 20.4 Å². The molecule has 3 atom stereocenters. The molecule has 5 nitrogen and oxygen atoms in total. The van der Waals surface area contributed by atoms with Crippen molar-refractivity contribution in [2.24, 2.45) is 0 Å². The van der Waals surface area contributed by atoms with Gasteiger partial charge in [0.2, 0.25) is 0 Å². The number of hydrogen-bond donors (Lipinski definition) is 1. The smallest absolute Gasteiger partial charge is 0.0986 e. The van der Waals surface area contributed by atoms with E-state index in [4.69, 9.17) is 9.47 Å².